The molecule has 0 saturated carbocycles. The quantitative estimate of drug-likeness (QED) is 0.510. The Bertz CT molecular complexity index is 435. The number of carbonyl (C=O) groups excluding carboxylic acids is 1. The molecule has 0 bridgehead atoms. The summed E-state index contributed by atoms with van der Waals surface area (Å²) in [5.41, 5.74) is 1.07. The highest BCUT2D eigenvalue weighted by Crippen LogP contribution is 2.27. The molecule has 1 aromatic heterocycles. The van der Waals surface area contributed by atoms with E-state index in [1.54, 1.807) is 11.8 Å². The first kappa shape index (κ1) is 15.2. The highest BCUT2D eigenvalue weighted by molar-refractivity contribution is 8.01. The number of rotatable bonds is 5. The Hall–Kier alpha value is -0.880. The predicted molar refractivity (Wildman–Crippen MR) is 78.1 cm³/mol. The van der Waals surface area contributed by atoms with E-state index in [-0.39, 0.29) is 11.3 Å². The fourth-order valence-electron chi connectivity index (χ4n) is 1.15. The molecule has 1 rings (SSSR count). The van der Waals surface area contributed by atoms with E-state index in [9.17, 15) is 4.79 Å². The summed E-state index contributed by atoms with van der Waals surface area (Å²) in [6, 6.07) is 0. The third-order valence-corrected chi connectivity index (χ3v) is 3.99. The summed E-state index contributed by atoms with van der Waals surface area (Å²) < 4.78 is 0.851. The topological polar surface area (TPSA) is 54.9 Å². The first-order valence-corrected chi connectivity index (χ1v) is 7.47. The molecule has 0 atom stereocenters. The molecule has 4 nitrogen and oxygen atoms in total. The minimum absolute atomic E-state index is 0.0184. The molecule has 1 N–H and O–H groups in total. The van der Waals surface area contributed by atoms with Crippen LogP contribution in [0.3, 0.4) is 0 Å². The van der Waals surface area contributed by atoms with Crippen LogP contribution in [0.5, 0.6) is 0 Å². The molecule has 6 heteroatoms. The zero-order valence-electron chi connectivity index (χ0n) is 11.2. The summed E-state index contributed by atoms with van der Waals surface area (Å²) in [7, 11) is 0. The second kappa shape index (κ2) is 6.33. The Balaban J connectivity index is 2.48. The molecule has 0 aliphatic heterocycles. The number of amides is 1. The van der Waals surface area contributed by atoms with Crippen LogP contribution in [0.2, 0.25) is 0 Å². The van der Waals surface area contributed by atoms with Crippen molar-refractivity contribution >= 4 is 34.1 Å². The van der Waals surface area contributed by atoms with E-state index in [2.05, 4.69) is 22.1 Å². The summed E-state index contributed by atoms with van der Waals surface area (Å²) >= 11 is 2.98. The van der Waals surface area contributed by atoms with Crippen LogP contribution in [-0.4, -0.2) is 21.9 Å². The van der Waals surface area contributed by atoms with Crippen molar-refractivity contribution < 1.29 is 4.79 Å². The smallest absolute Gasteiger partial charge is 0.226 e. The van der Waals surface area contributed by atoms with Crippen molar-refractivity contribution in [2.24, 2.45) is 5.41 Å². The van der Waals surface area contributed by atoms with Gasteiger partial charge in [-0.25, -0.2) is 0 Å². The van der Waals surface area contributed by atoms with Crippen LogP contribution in [-0.2, 0) is 4.79 Å². The van der Waals surface area contributed by atoms with Gasteiger partial charge in [-0.1, -0.05) is 56.0 Å². The molecule has 0 aromatic carbocycles. The number of nitrogens with zero attached hydrogens (tertiary/aromatic N) is 2. The fourth-order valence-corrected chi connectivity index (χ4v) is 2.76. The monoisotopic (exact) mass is 285 g/mol. The van der Waals surface area contributed by atoms with Gasteiger partial charge in [0.1, 0.15) is 0 Å². The van der Waals surface area contributed by atoms with Gasteiger partial charge >= 0.3 is 0 Å². The van der Waals surface area contributed by atoms with Crippen LogP contribution in [0.1, 0.15) is 34.1 Å². The molecular weight excluding hydrogens is 266 g/mol. The van der Waals surface area contributed by atoms with E-state index in [1.165, 1.54) is 11.3 Å². The molecule has 0 fully saturated rings. The average Bonchev–Trinajstić information content (AvgIpc) is 2.59. The van der Waals surface area contributed by atoms with Crippen LogP contribution in [0.25, 0.3) is 0 Å². The highest BCUT2D eigenvalue weighted by Gasteiger charge is 2.17. The molecule has 1 heterocycles. The third-order valence-electron chi connectivity index (χ3n) is 1.79. The van der Waals surface area contributed by atoms with Gasteiger partial charge in [0.05, 0.1) is 0 Å². The van der Waals surface area contributed by atoms with Crippen LogP contribution >= 0.6 is 23.1 Å². The number of hydrogen-bond acceptors (Lipinski definition) is 5. The summed E-state index contributed by atoms with van der Waals surface area (Å²) in [6.45, 7) is 11.9. The lowest BCUT2D eigenvalue weighted by Crippen LogP contribution is -2.19. The van der Waals surface area contributed by atoms with Gasteiger partial charge in [-0.3, -0.25) is 4.79 Å². The van der Waals surface area contributed by atoms with Gasteiger partial charge in [0.2, 0.25) is 11.0 Å². The van der Waals surface area contributed by atoms with Crippen molar-refractivity contribution in [2.75, 3.05) is 11.1 Å². The van der Waals surface area contributed by atoms with Gasteiger partial charge < -0.3 is 5.32 Å². The number of aromatic nitrogens is 2. The fraction of sp³-hybridized carbons (Fsp3) is 0.583. The molecule has 0 saturated heterocycles. The van der Waals surface area contributed by atoms with Crippen molar-refractivity contribution in [3.8, 4) is 0 Å². The molecule has 0 aliphatic rings. The lowest BCUT2D eigenvalue weighted by atomic mass is 9.92. The molecule has 0 spiro atoms. The molecular formula is C12H19N3OS2. The van der Waals surface area contributed by atoms with Crippen LogP contribution in [0.4, 0.5) is 5.13 Å². The van der Waals surface area contributed by atoms with Gasteiger partial charge in [-0.15, -0.1) is 10.2 Å². The van der Waals surface area contributed by atoms with E-state index in [0.29, 0.717) is 11.6 Å². The summed E-state index contributed by atoms with van der Waals surface area (Å²) in [4.78, 5) is 11.7. The molecule has 0 radical (unpaired) electrons. The van der Waals surface area contributed by atoms with Crippen molar-refractivity contribution in [1.29, 1.82) is 0 Å². The van der Waals surface area contributed by atoms with Gasteiger partial charge in [0, 0.05) is 12.2 Å². The Morgan fingerprint density at radius 1 is 1.44 bits per heavy atom. The maximum absolute atomic E-state index is 11.7. The number of nitrogens with one attached hydrogen (secondary N) is 1. The minimum atomic E-state index is -0.0215. The SMILES string of the molecule is C=C(C)CSc1nnc(NC(=O)CC(C)(C)C)s1. The lowest BCUT2D eigenvalue weighted by Gasteiger charge is -2.16. The number of hydrogen-bond donors (Lipinski definition) is 1. The Morgan fingerprint density at radius 3 is 2.67 bits per heavy atom. The Kier molecular flexibility index (Phi) is 5.34. The van der Waals surface area contributed by atoms with Crippen molar-refractivity contribution in [2.45, 2.75) is 38.5 Å². The largest absolute Gasteiger partial charge is 0.300 e. The first-order chi connectivity index (χ1) is 8.26. The van der Waals surface area contributed by atoms with E-state index in [1.807, 2.05) is 27.7 Å². The Morgan fingerprint density at radius 2 is 2.11 bits per heavy atom. The lowest BCUT2D eigenvalue weighted by molar-refractivity contribution is -0.117. The van der Waals surface area contributed by atoms with E-state index >= 15 is 0 Å². The second-order valence-electron chi connectivity index (χ2n) is 5.40. The van der Waals surface area contributed by atoms with E-state index < -0.39 is 0 Å². The average molecular weight is 285 g/mol. The number of carbonyl (C=O) groups is 1. The van der Waals surface area contributed by atoms with Crippen LogP contribution in [0, 0.1) is 5.41 Å². The van der Waals surface area contributed by atoms with E-state index in [0.717, 1.165) is 15.7 Å². The predicted octanol–water partition coefficient (Wildman–Crippen LogP) is 3.58. The Labute approximate surface area is 116 Å². The maximum atomic E-state index is 11.7. The second-order valence-corrected chi connectivity index (χ2v) is 7.60. The number of anilines is 1. The first-order valence-electron chi connectivity index (χ1n) is 5.67. The van der Waals surface area contributed by atoms with E-state index in [4.69, 9.17) is 0 Å². The zero-order chi connectivity index (χ0) is 13.8. The van der Waals surface area contributed by atoms with Gasteiger partial charge in [-0.05, 0) is 12.3 Å². The molecule has 0 aliphatic carbocycles. The van der Waals surface area contributed by atoms with Gasteiger partial charge in [-0.2, -0.15) is 0 Å². The van der Waals surface area contributed by atoms with Crippen molar-refractivity contribution in [3.05, 3.63) is 12.2 Å². The summed E-state index contributed by atoms with van der Waals surface area (Å²) in [5.74, 6) is 0.806. The van der Waals surface area contributed by atoms with Crippen molar-refractivity contribution in [3.63, 3.8) is 0 Å². The maximum Gasteiger partial charge on any atom is 0.226 e. The van der Waals surface area contributed by atoms with Crippen LogP contribution in [0.15, 0.2) is 16.5 Å². The van der Waals surface area contributed by atoms with Crippen LogP contribution < -0.4 is 5.32 Å². The standard InChI is InChI=1S/C12H19N3OS2/c1-8(2)7-17-11-15-14-10(18-11)13-9(16)6-12(3,4)5/h1,6-7H2,2-5H3,(H,13,14,16). The number of thioether (sulfide) groups is 1. The normalized spacial score (nSPS) is 11.3. The summed E-state index contributed by atoms with van der Waals surface area (Å²) in [6.07, 6.45) is 0.473. The molecule has 1 amide bonds. The molecule has 100 valence electrons. The zero-order valence-corrected chi connectivity index (χ0v) is 12.9. The van der Waals surface area contributed by atoms with Gasteiger partial charge in [0.15, 0.2) is 4.34 Å². The third kappa shape index (κ3) is 6.16. The van der Waals surface area contributed by atoms with Gasteiger partial charge in [0.25, 0.3) is 0 Å². The highest BCUT2D eigenvalue weighted by atomic mass is 32.2. The van der Waals surface area contributed by atoms with Crippen molar-refractivity contribution in [1.82, 2.24) is 10.2 Å². The molecule has 0 unspecified atom stereocenters. The summed E-state index contributed by atoms with van der Waals surface area (Å²) in [5, 5.41) is 11.3. The molecule has 1 aromatic rings. The minimum Gasteiger partial charge on any atom is -0.300 e. The molecule has 18 heavy (non-hydrogen) atoms.